The van der Waals surface area contributed by atoms with Crippen molar-refractivity contribution in [3.8, 4) is 11.1 Å². The molecule has 2 N–H and O–H groups in total. The van der Waals surface area contributed by atoms with Crippen LogP contribution < -0.4 is 5.32 Å². The molecule has 188 valence electrons. The quantitative estimate of drug-likeness (QED) is 0.532. The number of carboxylic acids is 1. The first-order valence-corrected chi connectivity index (χ1v) is 12.1. The summed E-state index contributed by atoms with van der Waals surface area (Å²) in [5, 5.41) is 12.0. The lowest BCUT2D eigenvalue weighted by Gasteiger charge is -2.32. The Morgan fingerprint density at radius 3 is 2.03 bits per heavy atom. The molecule has 2 amide bonds. The maximum Gasteiger partial charge on any atom is 0.407 e. The highest BCUT2D eigenvalue weighted by Gasteiger charge is 2.32. The largest absolute Gasteiger partial charge is 0.480 e. The number of amides is 2. The van der Waals surface area contributed by atoms with Gasteiger partial charge in [-0.3, -0.25) is 9.59 Å². The lowest BCUT2D eigenvalue weighted by molar-refractivity contribution is -0.146. The number of aliphatic carboxylic acids is 1. The Labute approximate surface area is 207 Å². The van der Waals surface area contributed by atoms with E-state index >= 15 is 0 Å². The number of benzene rings is 2. The Morgan fingerprint density at radius 1 is 1.00 bits per heavy atom. The molecule has 3 rings (SSSR count). The van der Waals surface area contributed by atoms with Crippen LogP contribution in [0, 0.1) is 11.3 Å². The molecular formula is C28H36N2O5. The van der Waals surface area contributed by atoms with Gasteiger partial charge in [-0.05, 0) is 40.0 Å². The molecule has 0 aliphatic heterocycles. The van der Waals surface area contributed by atoms with Gasteiger partial charge in [-0.25, -0.2) is 4.79 Å². The van der Waals surface area contributed by atoms with Crippen molar-refractivity contribution < 1.29 is 24.2 Å². The first-order chi connectivity index (χ1) is 16.5. The van der Waals surface area contributed by atoms with E-state index in [1.54, 1.807) is 0 Å². The Morgan fingerprint density at radius 2 is 1.54 bits per heavy atom. The van der Waals surface area contributed by atoms with Crippen molar-refractivity contribution in [2.45, 2.75) is 53.0 Å². The third-order valence-corrected chi connectivity index (χ3v) is 5.94. The predicted molar refractivity (Wildman–Crippen MR) is 135 cm³/mol. The molecule has 1 aliphatic rings. The molecule has 1 atom stereocenters. The van der Waals surface area contributed by atoms with Gasteiger partial charge in [-0.1, -0.05) is 83.1 Å². The molecule has 35 heavy (non-hydrogen) atoms. The van der Waals surface area contributed by atoms with Gasteiger partial charge in [0.05, 0.1) is 0 Å². The van der Waals surface area contributed by atoms with Gasteiger partial charge < -0.3 is 20.1 Å². The van der Waals surface area contributed by atoms with Crippen molar-refractivity contribution in [1.82, 2.24) is 10.2 Å². The second-order valence-electron chi connectivity index (χ2n) is 10.8. The number of nitrogens with one attached hydrogen (secondary N) is 1. The summed E-state index contributed by atoms with van der Waals surface area (Å²) >= 11 is 0. The van der Waals surface area contributed by atoms with Gasteiger partial charge >= 0.3 is 12.1 Å². The topological polar surface area (TPSA) is 95.9 Å². The fourth-order valence-corrected chi connectivity index (χ4v) is 4.64. The smallest absolute Gasteiger partial charge is 0.407 e. The zero-order valence-corrected chi connectivity index (χ0v) is 21.2. The van der Waals surface area contributed by atoms with Crippen LogP contribution in [0.25, 0.3) is 11.1 Å². The molecule has 2 aromatic carbocycles. The predicted octanol–water partition coefficient (Wildman–Crippen LogP) is 4.90. The van der Waals surface area contributed by atoms with Crippen molar-refractivity contribution >= 4 is 18.0 Å². The number of carboxylic acid groups (broad SMARTS) is 1. The summed E-state index contributed by atoms with van der Waals surface area (Å²) in [7, 11) is 0. The number of rotatable bonds is 9. The van der Waals surface area contributed by atoms with Crippen LogP contribution in [0.4, 0.5) is 4.79 Å². The number of hydrogen-bond acceptors (Lipinski definition) is 4. The standard InChI is InChI=1S/C28H36N2O5/c1-18(2)14-24(26(33)30(15-25(31)32)17-28(3,4)5)29-27(34)35-16-23-21-12-8-6-10-19(21)20-11-7-9-13-22(20)23/h6-13,18,23-24H,14-17H2,1-5H3,(H,29,34)(H,31,32)/t24-/m0/s1. The minimum atomic E-state index is -1.09. The summed E-state index contributed by atoms with van der Waals surface area (Å²) in [4.78, 5) is 38.9. The fraction of sp³-hybridized carbons (Fsp3) is 0.464. The lowest BCUT2D eigenvalue weighted by atomic mass is 9.95. The number of ether oxygens (including phenoxy) is 1. The summed E-state index contributed by atoms with van der Waals surface area (Å²) in [6, 6.07) is 15.3. The average Bonchev–Trinajstić information content (AvgIpc) is 3.08. The molecule has 0 saturated heterocycles. The molecule has 0 fully saturated rings. The molecule has 0 bridgehead atoms. The monoisotopic (exact) mass is 480 g/mol. The first kappa shape index (κ1) is 26.3. The fourth-order valence-electron chi connectivity index (χ4n) is 4.64. The maximum absolute atomic E-state index is 13.3. The minimum absolute atomic E-state index is 0.0863. The van der Waals surface area contributed by atoms with Crippen LogP contribution in [0.3, 0.4) is 0 Å². The van der Waals surface area contributed by atoms with Crippen LogP contribution in [-0.4, -0.2) is 53.7 Å². The Kier molecular flexibility index (Phi) is 8.20. The average molecular weight is 481 g/mol. The Bertz CT molecular complexity index is 1030. The van der Waals surface area contributed by atoms with Crippen LogP contribution >= 0.6 is 0 Å². The van der Waals surface area contributed by atoms with Crippen LogP contribution in [0.15, 0.2) is 48.5 Å². The van der Waals surface area contributed by atoms with E-state index < -0.39 is 30.6 Å². The maximum atomic E-state index is 13.3. The summed E-state index contributed by atoms with van der Waals surface area (Å²) in [5.41, 5.74) is 4.19. The number of alkyl carbamates (subject to hydrolysis) is 1. The summed E-state index contributed by atoms with van der Waals surface area (Å²) in [6.07, 6.45) is -0.305. The molecule has 0 radical (unpaired) electrons. The van der Waals surface area contributed by atoms with Crippen LogP contribution in [-0.2, 0) is 14.3 Å². The number of carbonyl (C=O) groups is 3. The van der Waals surface area contributed by atoms with Crippen molar-refractivity contribution in [1.29, 1.82) is 0 Å². The summed E-state index contributed by atoms with van der Waals surface area (Å²) in [5.74, 6) is -1.48. The third-order valence-electron chi connectivity index (χ3n) is 5.94. The molecule has 7 heteroatoms. The van der Waals surface area contributed by atoms with E-state index in [9.17, 15) is 19.5 Å². The van der Waals surface area contributed by atoms with Gasteiger partial charge in [-0.2, -0.15) is 0 Å². The molecule has 1 aliphatic carbocycles. The number of carbonyl (C=O) groups excluding carboxylic acids is 2. The summed E-state index contributed by atoms with van der Waals surface area (Å²) < 4.78 is 5.63. The van der Waals surface area contributed by atoms with Crippen LogP contribution in [0.2, 0.25) is 0 Å². The minimum Gasteiger partial charge on any atom is -0.480 e. The third kappa shape index (κ3) is 6.84. The molecule has 2 aromatic rings. The van der Waals surface area contributed by atoms with Gasteiger partial charge in [0.15, 0.2) is 0 Å². The zero-order chi connectivity index (χ0) is 25.8. The van der Waals surface area contributed by atoms with Crippen molar-refractivity contribution in [2.24, 2.45) is 11.3 Å². The zero-order valence-electron chi connectivity index (χ0n) is 21.2. The lowest BCUT2D eigenvalue weighted by Crippen LogP contribution is -2.52. The molecule has 7 nitrogen and oxygen atoms in total. The van der Waals surface area contributed by atoms with Gasteiger partial charge in [0.1, 0.15) is 19.2 Å². The second kappa shape index (κ2) is 10.9. The van der Waals surface area contributed by atoms with E-state index in [1.807, 2.05) is 71.0 Å². The molecule has 0 aromatic heterocycles. The summed E-state index contributed by atoms with van der Waals surface area (Å²) in [6.45, 7) is 9.69. The van der Waals surface area contributed by atoms with Crippen LogP contribution in [0.1, 0.15) is 58.1 Å². The van der Waals surface area contributed by atoms with Gasteiger partial charge in [0, 0.05) is 12.5 Å². The van der Waals surface area contributed by atoms with Gasteiger partial charge in [0.25, 0.3) is 0 Å². The van der Waals surface area contributed by atoms with Crippen LogP contribution in [0.5, 0.6) is 0 Å². The van der Waals surface area contributed by atoms with E-state index in [0.717, 1.165) is 22.3 Å². The number of nitrogens with zero attached hydrogens (tertiary/aromatic N) is 1. The van der Waals surface area contributed by atoms with E-state index in [1.165, 1.54) is 4.90 Å². The van der Waals surface area contributed by atoms with E-state index in [-0.39, 0.29) is 30.4 Å². The normalized spacial score (nSPS) is 13.7. The number of fused-ring (bicyclic) bond motifs is 3. The highest BCUT2D eigenvalue weighted by molar-refractivity contribution is 5.88. The molecule has 0 saturated carbocycles. The Balaban J connectivity index is 1.72. The Hall–Kier alpha value is -3.35. The van der Waals surface area contributed by atoms with E-state index in [2.05, 4.69) is 17.4 Å². The second-order valence-corrected chi connectivity index (χ2v) is 10.8. The van der Waals surface area contributed by atoms with Gasteiger partial charge in [0.2, 0.25) is 5.91 Å². The van der Waals surface area contributed by atoms with Gasteiger partial charge in [-0.15, -0.1) is 0 Å². The molecular weight excluding hydrogens is 444 g/mol. The van der Waals surface area contributed by atoms with E-state index in [0.29, 0.717) is 6.42 Å². The van der Waals surface area contributed by atoms with Crippen molar-refractivity contribution in [3.63, 3.8) is 0 Å². The number of hydrogen-bond donors (Lipinski definition) is 2. The molecule has 0 heterocycles. The molecule has 0 unspecified atom stereocenters. The van der Waals surface area contributed by atoms with Crippen molar-refractivity contribution in [3.05, 3.63) is 59.7 Å². The van der Waals surface area contributed by atoms with Crippen molar-refractivity contribution in [2.75, 3.05) is 19.7 Å². The SMILES string of the molecule is CC(C)C[C@H](NC(=O)OCC1c2ccccc2-c2ccccc21)C(=O)N(CC(=O)O)CC(C)(C)C. The first-order valence-electron chi connectivity index (χ1n) is 12.1. The highest BCUT2D eigenvalue weighted by atomic mass is 16.5. The highest BCUT2D eigenvalue weighted by Crippen LogP contribution is 2.44. The molecule has 0 spiro atoms. The van der Waals surface area contributed by atoms with E-state index in [4.69, 9.17) is 4.74 Å².